The van der Waals surface area contributed by atoms with Gasteiger partial charge in [0.15, 0.2) is 0 Å². The van der Waals surface area contributed by atoms with E-state index in [1.54, 1.807) is 32.9 Å². The third-order valence-corrected chi connectivity index (χ3v) is 4.72. The first kappa shape index (κ1) is 24.2. The molecule has 6 heteroatoms. The minimum absolute atomic E-state index is 0.151. The summed E-state index contributed by atoms with van der Waals surface area (Å²) in [6.45, 7) is 7.36. The van der Waals surface area contributed by atoms with Gasteiger partial charge in [-0.15, -0.1) is 0 Å². The van der Waals surface area contributed by atoms with E-state index in [9.17, 15) is 19.8 Å². The zero-order valence-electron chi connectivity index (χ0n) is 17.8. The van der Waals surface area contributed by atoms with Gasteiger partial charge in [0.05, 0.1) is 5.60 Å². The van der Waals surface area contributed by atoms with Gasteiger partial charge in [0.25, 0.3) is 0 Å². The highest BCUT2D eigenvalue weighted by Gasteiger charge is 2.28. The van der Waals surface area contributed by atoms with Crippen LogP contribution in [0.2, 0.25) is 0 Å². The number of carbonyl (C=O) groups excluding carboxylic acids is 1. The van der Waals surface area contributed by atoms with Gasteiger partial charge in [0.1, 0.15) is 11.6 Å². The highest BCUT2D eigenvalue weighted by Crippen LogP contribution is 2.28. The zero-order valence-corrected chi connectivity index (χ0v) is 17.8. The molecular formula is C22H37NO5. The van der Waals surface area contributed by atoms with Crippen molar-refractivity contribution in [2.24, 2.45) is 0 Å². The molecule has 0 aromatic heterocycles. The van der Waals surface area contributed by atoms with E-state index in [1.807, 2.05) is 6.08 Å². The van der Waals surface area contributed by atoms with Crippen LogP contribution in [0.3, 0.4) is 0 Å². The summed E-state index contributed by atoms with van der Waals surface area (Å²) in [5.74, 6) is -1.12. The van der Waals surface area contributed by atoms with Crippen LogP contribution in [0.1, 0.15) is 85.5 Å². The predicted octanol–water partition coefficient (Wildman–Crippen LogP) is 4.72. The van der Waals surface area contributed by atoms with Crippen molar-refractivity contribution in [3.63, 3.8) is 0 Å². The number of allylic oxidation sites excluding steroid dienone is 1. The second kappa shape index (κ2) is 11.2. The van der Waals surface area contributed by atoms with Crippen LogP contribution in [-0.4, -0.2) is 39.5 Å². The Kier molecular flexibility index (Phi) is 9.73. The summed E-state index contributed by atoms with van der Waals surface area (Å²) in [4.78, 5) is 23.3. The van der Waals surface area contributed by atoms with Gasteiger partial charge < -0.3 is 20.3 Å². The first-order chi connectivity index (χ1) is 13.0. The van der Waals surface area contributed by atoms with Crippen LogP contribution >= 0.6 is 0 Å². The summed E-state index contributed by atoms with van der Waals surface area (Å²) in [7, 11) is 0. The molecule has 1 aliphatic carbocycles. The monoisotopic (exact) mass is 395 g/mol. The summed E-state index contributed by atoms with van der Waals surface area (Å²) in [5.41, 5.74) is -0.758. The molecule has 0 fully saturated rings. The molecule has 1 amide bonds. The lowest BCUT2D eigenvalue weighted by Crippen LogP contribution is -2.43. The number of carboxylic acids is 1. The number of aliphatic carboxylic acids is 1. The minimum atomic E-state index is -1.12. The van der Waals surface area contributed by atoms with Crippen LogP contribution in [0.25, 0.3) is 0 Å². The molecule has 0 aromatic rings. The third-order valence-electron chi connectivity index (χ3n) is 4.72. The molecule has 0 radical (unpaired) electrons. The molecule has 0 aromatic carbocycles. The van der Waals surface area contributed by atoms with E-state index in [2.05, 4.69) is 12.2 Å². The van der Waals surface area contributed by atoms with Gasteiger partial charge in [-0.2, -0.15) is 0 Å². The Labute approximate surface area is 169 Å². The Morgan fingerprint density at radius 3 is 2.39 bits per heavy atom. The smallest absolute Gasteiger partial charge is 0.408 e. The molecule has 1 aliphatic rings. The Balaban J connectivity index is 2.48. The maximum absolute atomic E-state index is 11.9. The van der Waals surface area contributed by atoms with Gasteiger partial charge in [-0.3, -0.25) is 0 Å². The number of hydrogen-bond acceptors (Lipinski definition) is 4. The van der Waals surface area contributed by atoms with E-state index in [4.69, 9.17) is 4.74 Å². The standard InChI is InChI=1S/C22H37NO5/c1-5-6-7-8-9-10-13-22(27)14-11-17(12-15-22)16-18(19(24)25)23-20(26)28-21(2,3)4/h11-12,14,18,27H,5-10,13,15-16H2,1-4H3,(H,23,26)(H,24,25)/t18-,22?/m1/s1. The van der Waals surface area contributed by atoms with Crippen LogP contribution in [0.5, 0.6) is 0 Å². The fourth-order valence-corrected chi connectivity index (χ4v) is 3.14. The molecule has 0 bridgehead atoms. The van der Waals surface area contributed by atoms with Gasteiger partial charge in [0, 0.05) is 6.42 Å². The normalized spacial score (nSPS) is 20.4. The molecule has 2 atom stereocenters. The number of ether oxygens (including phenoxy) is 1. The number of rotatable bonds is 11. The van der Waals surface area contributed by atoms with E-state index in [0.29, 0.717) is 12.8 Å². The minimum Gasteiger partial charge on any atom is -0.480 e. The van der Waals surface area contributed by atoms with Crippen molar-refractivity contribution >= 4 is 12.1 Å². The largest absolute Gasteiger partial charge is 0.480 e. The maximum Gasteiger partial charge on any atom is 0.408 e. The maximum atomic E-state index is 11.9. The fourth-order valence-electron chi connectivity index (χ4n) is 3.14. The number of carbonyl (C=O) groups is 2. The Hall–Kier alpha value is -1.82. The van der Waals surface area contributed by atoms with Gasteiger partial charge >= 0.3 is 12.1 Å². The average Bonchev–Trinajstić information content (AvgIpc) is 2.58. The second-order valence-corrected chi connectivity index (χ2v) is 8.68. The number of carboxylic acid groups (broad SMARTS) is 1. The number of amides is 1. The second-order valence-electron chi connectivity index (χ2n) is 8.68. The predicted molar refractivity (Wildman–Crippen MR) is 110 cm³/mol. The van der Waals surface area contributed by atoms with Crippen molar-refractivity contribution in [2.75, 3.05) is 0 Å². The molecule has 0 spiro atoms. The van der Waals surface area contributed by atoms with Gasteiger partial charge in [-0.1, -0.05) is 63.7 Å². The van der Waals surface area contributed by atoms with Crippen molar-refractivity contribution in [1.29, 1.82) is 0 Å². The first-order valence-corrected chi connectivity index (χ1v) is 10.4. The van der Waals surface area contributed by atoms with E-state index >= 15 is 0 Å². The van der Waals surface area contributed by atoms with Crippen molar-refractivity contribution in [3.8, 4) is 0 Å². The van der Waals surface area contributed by atoms with E-state index in [0.717, 1.165) is 18.4 Å². The van der Waals surface area contributed by atoms with Crippen LogP contribution in [0, 0.1) is 0 Å². The lowest BCUT2D eigenvalue weighted by Gasteiger charge is -2.27. The molecular weight excluding hydrogens is 358 g/mol. The molecule has 1 unspecified atom stereocenters. The number of aliphatic hydroxyl groups is 1. The molecule has 0 saturated carbocycles. The first-order valence-electron chi connectivity index (χ1n) is 10.4. The van der Waals surface area contributed by atoms with Crippen molar-refractivity contribution in [2.45, 2.75) is 103 Å². The molecule has 3 N–H and O–H groups in total. The molecule has 0 aliphatic heterocycles. The number of hydrogen-bond donors (Lipinski definition) is 3. The van der Waals surface area contributed by atoms with Crippen molar-refractivity contribution in [1.82, 2.24) is 5.32 Å². The highest BCUT2D eigenvalue weighted by atomic mass is 16.6. The number of unbranched alkanes of at least 4 members (excludes halogenated alkanes) is 5. The summed E-state index contributed by atoms with van der Waals surface area (Å²) in [5, 5.41) is 22.5. The van der Waals surface area contributed by atoms with Gasteiger partial charge in [-0.25, -0.2) is 9.59 Å². The number of alkyl carbamates (subject to hydrolysis) is 1. The van der Waals surface area contributed by atoms with Crippen LogP contribution in [-0.2, 0) is 9.53 Å². The summed E-state index contributed by atoms with van der Waals surface area (Å²) >= 11 is 0. The average molecular weight is 396 g/mol. The zero-order chi connectivity index (χ0) is 21.2. The van der Waals surface area contributed by atoms with Crippen LogP contribution < -0.4 is 5.32 Å². The van der Waals surface area contributed by atoms with Crippen molar-refractivity contribution in [3.05, 3.63) is 23.8 Å². The van der Waals surface area contributed by atoms with E-state index < -0.39 is 29.3 Å². The summed E-state index contributed by atoms with van der Waals surface area (Å²) < 4.78 is 5.13. The molecule has 0 saturated heterocycles. The SMILES string of the molecule is CCCCCCCCC1(O)C=CC(C[C@@H](NC(=O)OC(C)(C)C)C(=O)O)=CC1. The van der Waals surface area contributed by atoms with Crippen molar-refractivity contribution < 1.29 is 24.5 Å². The molecule has 160 valence electrons. The summed E-state index contributed by atoms with van der Waals surface area (Å²) in [6, 6.07) is -1.07. The topological polar surface area (TPSA) is 95.9 Å². The molecule has 1 rings (SSSR count). The highest BCUT2D eigenvalue weighted by molar-refractivity contribution is 5.80. The summed E-state index contributed by atoms with van der Waals surface area (Å²) in [6.07, 6.45) is 13.0. The molecule has 0 heterocycles. The van der Waals surface area contributed by atoms with E-state index in [-0.39, 0.29) is 6.42 Å². The van der Waals surface area contributed by atoms with Gasteiger partial charge in [0.2, 0.25) is 0 Å². The Bertz CT molecular complexity index is 576. The van der Waals surface area contributed by atoms with Crippen LogP contribution in [0.15, 0.2) is 23.8 Å². The fraction of sp³-hybridized carbons (Fsp3) is 0.727. The third kappa shape index (κ3) is 9.93. The molecule has 28 heavy (non-hydrogen) atoms. The Morgan fingerprint density at radius 2 is 1.86 bits per heavy atom. The quantitative estimate of drug-likeness (QED) is 0.440. The lowest BCUT2D eigenvalue weighted by atomic mass is 9.86. The lowest BCUT2D eigenvalue weighted by molar-refractivity contribution is -0.139. The Morgan fingerprint density at radius 1 is 1.21 bits per heavy atom. The van der Waals surface area contributed by atoms with E-state index in [1.165, 1.54) is 25.7 Å². The van der Waals surface area contributed by atoms with Gasteiger partial charge in [-0.05, 0) is 39.2 Å². The number of nitrogens with one attached hydrogen (secondary N) is 1. The van der Waals surface area contributed by atoms with Crippen LogP contribution in [0.4, 0.5) is 4.79 Å². The molecule has 6 nitrogen and oxygen atoms in total.